The molecule has 1 spiro atoms. The molecule has 0 aliphatic carbocycles. The Morgan fingerprint density at radius 2 is 2.12 bits per heavy atom. The van der Waals surface area contributed by atoms with Crippen molar-refractivity contribution in [1.82, 2.24) is 0 Å². The van der Waals surface area contributed by atoms with E-state index in [2.05, 4.69) is 26.8 Å². The van der Waals surface area contributed by atoms with Gasteiger partial charge >= 0.3 is 0 Å². The van der Waals surface area contributed by atoms with Crippen LogP contribution in [0.1, 0.15) is 40.0 Å². The van der Waals surface area contributed by atoms with Crippen molar-refractivity contribution < 1.29 is 9.47 Å². The number of rotatable bonds is 3. The van der Waals surface area contributed by atoms with Crippen molar-refractivity contribution in [1.29, 1.82) is 0 Å². The minimum absolute atomic E-state index is 0.0906. The maximum absolute atomic E-state index is 5.64. The van der Waals surface area contributed by atoms with E-state index in [0.29, 0.717) is 0 Å². The highest BCUT2D eigenvalue weighted by Crippen LogP contribution is 2.43. The first-order chi connectivity index (χ1) is 7.64. The van der Waals surface area contributed by atoms with Crippen LogP contribution >= 0.6 is 0 Å². The Labute approximate surface area is 98.3 Å². The van der Waals surface area contributed by atoms with Crippen LogP contribution in [0.15, 0.2) is 22.8 Å². The fourth-order valence-electron chi connectivity index (χ4n) is 2.34. The van der Waals surface area contributed by atoms with Crippen LogP contribution in [-0.2, 0) is 9.47 Å². The van der Waals surface area contributed by atoms with E-state index < -0.39 is 0 Å². The molecule has 1 atom stereocenters. The molecular weight excluding hydrogens is 200 g/mol. The van der Waals surface area contributed by atoms with E-state index >= 15 is 0 Å². The van der Waals surface area contributed by atoms with Crippen molar-refractivity contribution >= 4 is 0 Å². The summed E-state index contributed by atoms with van der Waals surface area (Å²) in [5.41, 5.74) is 4.37. The van der Waals surface area contributed by atoms with E-state index in [1.165, 1.54) is 16.7 Å². The van der Waals surface area contributed by atoms with Gasteiger partial charge in [-0.15, -0.1) is 0 Å². The molecule has 2 nitrogen and oxygen atoms in total. The molecule has 2 fully saturated rings. The summed E-state index contributed by atoms with van der Waals surface area (Å²) in [6.45, 7) is 9.07. The highest BCUT2D eigenvalue weighted by molar-refractivity contribution is 5.30. The Bertz CT molecular complexity index is 318. The zero-order valence-electron chi connectivity index (χ0n) is 10.6. The van der Waals surface area contributed by atoms with Crippen LogP contribution in [0.5, 0.6) is 0 Å². The van der Waals surface area contributed by atoms with E-state index in [4.69, 9.17) is 9.47 Å². The monoisotopic (exact) mass is 222 g/mol. The minimum Gasteiger partial charge on any atom is -0.377 e. The Balaban J connectivity index is 1.99. The third-order valence-electron chi connectivity index (χ3n) is 3.53. The molecule has 2 heteroatoms. The van der Waals surface area contributed by atoms with Crippen molar-refractivity contribution in [3.05, 3.63) is 22.8 Å². The van der Waals surface area contributed by atoms with E-state index in [-0.39, 0.29) is 5.60 Å². The zero-order chi connectivity index (χ0) is 11.6. The Morgan fingerprint density at radius 3 is 2.75 bits per heavy atom. The average molecular weight is 222 g/mol. The first-order valence-corrected chi connectivity index (χ1v) is 6.18. The molecule has 0 radical (unpaired) electrons. The van der Waals surface area contributed by atoms with Crippen LogP contribution in [0.4, 0.5) is 0 Å². The second kappa shape index (κ2) is 4.72. The molecule has 0 saturated carbocycles. The quantitative estimate of drug-likeness (QED) is 0.540. The summed E-state index contributed by atoms with van der Waals surface area (Å²) in [4.78, 5) is 0. The molecule has 90 valence electrons. The smallest absolute Gasteiger partial charge is 0.117 e. The zero-order valence-corrected chi connectivity index (χ0v) is 10.6. The van der Waals surface area contributed by atoms with Crippen molar-refractivity contribution in [2.45, 2.75) is 45.6 Å². The van der Waals surface area contributed by atoms with Crippen molar-refractivity contribution in [2.24, 2.45) is 0 Å². The topological polar surface area (TPSA) is 21.8 Å². The van der Waals surface area contributed by atoms with Crippen LogP contribution in [0.3, 0.4) is 0 Å². The second-order valence-corrected chi connectivity index (χ2v) is 5.16. The van der Waals surface area contributed by atoms with Crippen LogP contribution in [0.25, 0.3) is 0 Å². The van der Waals surface area contributed by atoms with Gasteiger partial charge in [0.25, 0.3) is 0 Å². The third-order valence-corrected chi connectivity index (χ3v) is 3.53. The van der Waals surface area contributed by atoms with Gasteiger partial charge in [-0.05, 0) is 39.2 Å². The molecule has 0 N–H and O–H groups in total. The maximum atomic E-state index is 5.64. The molecule has 2 aliphatic rings. The molecule has 0 amide bonds. The molecule has 2 rings (SSSR count). The Kier molecular flexibility index (Phi) is 3.50. The van der Waals surface area contributed by atoms with Gasteiger partial charge in [0.2, 0.25) is 0 Å². The molecule has 0 bridgehead atoms. The predicted octanol–water partition coefficient (Wildman–Crippen LogP) is 3.24. The van der Waals surface area contributed by atoms with Gasteiger partial charge in [-0.2, -0.15) is 0 Å². The average Bonchev–Trinajstić information content (AvgIpc) is 2.98. The number of epoxide rings is 1. The summed E-state index contributed by atoms with van der Waals surface area (Å²) in [7, 11) is 0. The van der Waals surface area contributed by atoms with Gasteiger partial charge in [0.15, 0.2) is 0 Å². The van der Waals surface area contributed by atoms with Gasteiger partial charge in [0, 0.05) is 6.42 Å². The number of hydrogen-bond donors (Lipinski definition) is 0. The molecule has 0 aromatic rings. The molecule has 0 aromatic heterocycles. The normalized spacial score (nSPS) is 31.4. The van der Waals surface area contributed by atoms with E-state index in [1.807, 2.05) is 0 Å². The fourth-order valence-corrected chi connectivity index (χ4v) is 2.34. The standard InChI is InChI=1S/C14H22O2/c1-11(2)5-4-6-12(3)13-9-15-8-7-14(13)10-16-14/h5H,4,6-10H2,1-3H3/t14-/m0/s1. The minimum atomic E-state index is 0.0906. The van der Waals surface area contributed by atoms with Crippen molar-refractivity contribution in [3.8, 4) is 0 Å². The highest BCUT2D eigenvalue weighted by Gasteiger charge is 2.50. The summed E-state index contributed by atoms with van der Waals surface area (Å²) < 4.78 is 11.2. The summed E-state index contributed by atoms with van der Waals surface area (Å²) in [6.07, 6.45) is 5.61. The number of hydrogen-bond acceptors (Lipinski definition) is 2. The lowest BCUT2D eigenvalue weighted by atomic mass is 9.89. The first-order valence-electron chi connectivity index (χ1n) is 6.18. The van der Waals surface area contributed by atoms with Gasteiger partial charge < -0.3 is 9.47 Å². The van der Waals surface area contributed by atoms with Gasteiger partial charge in [-0.3, -0.25) is 0 Å². The van der Waals surface area contributed by atoms with E-state index in [9.17, 15) is 0 Å². The summed E-state index contributed by atoms with van der Waals surface area (Å²) >= 11 is 0. The van der Waals surface area contributed by atoms with E-state index in [0.717, 1.165) is 39.1 Å². The fraction of sp³-hybridized carbons (Fsp3) is 0.714. The second-order valence-electron chi connectivity index (χ2n) is 5.16. The van der Waals surface area contributed by atoms with Gasteiger partial charge in [-0.1, -0.05) is 17.2 Å². The number of allylic oxidation sites excluding steroid dienone is 3. The predicted molar refractivity (Wildman–Crippen MR) is 65.5 cm³/mol. The molecule has 16 heavy (non-hydrogen) atoms. The van der Waals surface area contributed by atoms with E-state index in [1.54, 1.807) is 0 Å². The van der Waals surface area contributed by atoms with Crippen molar-refractivity contribution in [3.63, 3.8) is 0 Å². The largest absolute Gasteiger partial charge is 0.377 e. The molecule has 0 aromatic carbocycles. The number of ether oxygens (including phenoxy) is 2. The SMILES string of the molecule is CC(C)=CCCC(C)=C1COCC[C@]12CO2. The van der Waals surface area contributed by atoms with Crippen LogP contribution < -0.4 is 0 Å². The van der Waals surface area contributed by atoms with Gasteiger partial charge in [0.05, 0.1) is 19.8 Å². The molecule has 0 unspecified atom stereocenters. The maximum Gasteiger partial charge on any atom is 0.117 e. The Morgan fingerprint density at radius 1 is 1.38 bits per heavy atom. The van der Waals surface area contributed by atoms with Crippen LogP contribution in [0, 0.1) is 0 Å². The molecule has 2 saturated heterocycles. The summed E-state index contributed by atoms with van der Waals surface area (Å²) in [5.74, 6) is 0. The highest BCUT2D eigenvalue weighted by atomic mass is 16.6. The molecule has 2 aliphatic heterocycles. The van der Waals surface area contributed by atoms with Crippen molar-refractivity contribution in [2.75, 3.05) is 19.8 Å². The lowest BCUT2D eigenvalue weighted by Crippen LogP contribution is -2.28. The van der Waals surface area contributed by atoms with Crippen LogP contribution in [-0.4, -0.2) is 25.4 Å². The molecular formula is C14H22O2. The Hall–Kier alpha value is -0.600. The summed E-state index contributed by atoms with van der Waals surface area (Å²) in [5, 5.41) is 0. The van der Waals surface area contributed by atoms with Crippen LogP contribution in [0.2, 0.25) is 0 Å². The lowest BCUT2D eigenvalue weighted by Gasteiger charge is -2.24. The summed E-state index contributed by atoms with van der Waals surface area (Å²) in [6, 6.07) is 0. The van der Waals surface area contributed by atoms with Gasteiger partial charge in [0.1, 0.15) is 5.60 Å². The lowest BCUT2D eigenvalue weighted by molar-refractivity contribution is 0.0906. The molecule has 2 heterocycles. The third kappa shape index (κ3) is 2.55. The van der Waals surface area contributed by atoms with Gasteiger partial charge in [-0.25, -0.2) is 0 Å². The first kappa shape index (κ1) is 11.9.